The van der Waals surface area contributed by atoms with Gasteiger partial charge in [-0.3, -0.25) is 0 Å². The average Bonchev–Trinajstić information content (AvgIpc) is 3.08. The van der Waals surface area contributed by atoms with Gasteiger partial charge in [0.2, 0.25) is 5.89 Å². The van der Waals surface area contributed by atoms with E-state index in [0.29, 0.717) is 11.5 Å². The minimum atomic E-state index is -0.734. The standard InChI is InChI=1S/C18H16N2O4/c1-11-7-6-10-14(15(11)21)18(22)23-12(2)16-19-20-17(24-16)13-8-4-3-5-9-13/h3-10,12,21H,1-2H3. The molecule has 0 saturated heterocycles. The zero-order valence-electron chi connectivity index (χ0n) is 13.3. The molecule has 1 unspecified atom stereocenters. The molecule has 1 N–H and O–H groups in total. The molecule has 1 atom stereocenters. The summed E-state index contributed by atoms with van der Waals surface area (Å²) in [4.78, 5) is 12.2. The summed E-state index contributed by atoms with van der Waals surface area (Å²) in [5, 5.41) is 17.8. The fourth-order valence-corrected chi connectivity index (χ4v) is 2.19. The molecular formula is C18H16N2O4. The maximum absolute atomic E-state index is 12.2. The summed E-state index contributed by atoms with van der Waals surface area (Å²) >= 11 is 0. The van der Waals surface area contributed by atoms with E-state index in [1.165, 1.54) is 6.07 Å². The second kappa shape index (κ2) is 6.54. The molecule has 1 heterocycles. The largest absolute Gasteiger partial charge is 0.507 e. The van der Waals surface area contributed by atoms with Crippen molar-refractivity contribution < 1.29 is 19.1 Å². The van der Waals surface area contributed by atoms with Crippen LogP contribution in [0.15, 0.2) is 52.9 Å². The minimum Gasteiger partial charge on any atom is -0.507 e. The summed E-state index contributed by atoms with van der Waals surface area (Å²) in [5.41, 5.74) is 1.48. The zero-order valence-corrected chi connectivity index (χ0v) is 13.3. The smallest absolute Gasteiger partial charge is 0.342 e. The third-order valence-corrected chi connectivity index (χ3v) is 3.55. The number of carbonyl (C=O) groups is 1. The highest BCUT2D eigenvalue weighted by Crippen LogP contribution is 2.26. The Morgan fingerprint density at radius 2 is 1.88 bits per heavy atom. The Bertz CT molecular complexity index is 858. The molecule has 2 aromatic carbocycles. The highest BCUT2D eigenvalue weighted by atomic mass is 16.6. The van der Waals surface area contributed by atoms with Crippen LogP contribution in [0.5, 0.6) is 5.75 Å². The molecular weight excluding hydrogens is 308 g/mol. The number of para-hydroxylation sites is 1. The van der Waals surface area contributed by atoms with Crippen LogP contribution in [0.2, 0.25) is 0 Å². The lowest BCUT2D eigenvalue weighted by atomic mass is 10.1. The summed E-state index contributed by atoms with van der Waals surface area (Å²) in [6.45, 7) is 3.34. The maximum atomic E-state index is 12.2. The summed E-state index contributed by atoms with van der Waals surface area (Å²) in [6, 6.07) is 14.2. The molecule has 6 nitrogen and oxygen atoms in total. The molecule has 0 spiro atoms. The number of benzene rings is 2. The molecule has 0 fully saturated rings. The SMILES string of the molecule is Cc1cccc(C(=O)OC(C)c2nnc(-c3ccccc3)o2)c1O. The van der Waals surface area contributed by atoms with Gasteiger partial charge in [0.1, 0.15) is 11.3 Å². The Balaban J connectivity index is 1.76. The first-order chi connectivity index (χ1) is 11.6. The van der Waals surface area contributed by atoms with Gasteiger partial charge >= 0.3 is 5.97 Å². The number of aryl methyl sites for hydroxylation is 1. The molecule has 3 rings (SSSR count). The van der Waals surface area contributed by atoms with Crippen molar-refractivity contribution >= 4 is 5.97 Å². The van der Waals surface area contributed by atoms with Gasteiger partial charge in [0, 0.05) is 5.56 Å². The van der Waals surface area contributed by atoms with E-state index in [-0.39, 0.29) is 17.2 Å². The van der Waals surface area contributed by atoms with Gasteiger partial charge in [0.25, 0.3) is 5.89 Å². The van der Waals surface area contributed by atoms with Crippen LogP contribution >= 0.6 is 0 Å². The Kier molecular flexibility index (Phi) is 4.29. The van der Waals surface area contributed by atoms with E-state index >= 15 is 0 Å². The van der Waals surface area contributed by atoms with Gasteiger partial charge in [0.15, 0.2) is 6.10 Å². The molecule has 0 aliphatic carbocycles. The summed E-state index contributed by atoms with van der Waals surface area (Å²) in [6.07, 6.45) is -0.734. The van der Waals surface area contributed by atoms with Gasteiger partial charge in [-0.25, -0.2) is 4.79 Å². The molecule has 0 aliphatic rings. The molecule has 0 aliphatic heterocycles. The number of esters is 1. The highest BCUT2D eigenvalue weighted by molar-refractivity contribution is 5.92. The van der Waals surface area contributed by atoms with Gasteiger partial charge in [-0.05, 0) is 37.6 Å². The van der Waals surface area contributed by atoms with Crippen molar-refractivity contribution in [3.63, 3.8) is 0 Å². The molecule has 0 saturated carbocycles. The van der Waals surface area contributed by atoms with Crippen molar-refractivity contribution in [2.75, 3.05) is 0 Å². The second-order valence-electron chi connectivity index (χ2n) is 5.33. The van der Waals surface area contributed by atoms with E-state index in [9.17, 15) is 9.90 Å². The summed E-state index contributed by atoms with van der Waals surface area (Å²) in [5.74, 6) is -0.199. The summed E-state index contributed by atoms with van der Waals surface area (Å²) in [7, 11) is 0. The lowest BCUT2D eigenvalue weighted by molar-refractivity contribution is 0.0276. The van der Waals surface area contributed by atoms with Crippen molar-refractivity contribution in [1.82, 2.24) is 10.2 Å². The molecule has 122 valence electrons. The van der Waals surface area contributed by atoms with Crippen molar-refractivity contribution in [1.29, 1.82) is 0 Å². The van der Waals surface area contributed by atoms with E-state index < -0.39 is 12.1 Å². The number of aromatic nitrogens is 2. The van der Waals surface area contributed by atoms with Crippen molar-refractivity contribution in [3.8, 4) is 17.2 Å². The first-order valence-electron chi connectivity index (χ1n) is 7.44. The van der Waals surface area contributed by atoms with Crippen molar-refractivity contribution in [2.24, 2.45) is 0 Å². The van der Waals surface area contributed by atoms with Gasteiger partial charge in [-0.2, -0.15) is 0 Å². The predicted molar refractivity (Wildman–Crippen MR) is 86.4 cm³/mol. The van der Waals surface area contributed by atoms with E-state index in [1.54, 1.807) is 26.0 Å². The lowest BCUT2D eigenvalue weighted by Crippen LogP contribution is -2.10. The number of carbonyl (C=O) groups excluding carboxylic acids is 1. The first kappa shape index (κ1) is 15.7. The van der Waals surface area contributed by atoms with Crippen molar-refractivity contribution in [2.45, 2.75) is 20.0 Å². The molecule has 1 aromatic heterocycles. The third-order valence-electron chi connectivity index (χ3n) is 3.55. The number of nitrogens with zero attached hydrogens (tertiary/aromatic N) is 2. The lowest BCUT2D eigenvalue weighted by Gasteiger charge is -2.11. The van der Waals surface area contributed by atoms with Gasteiger partial charge in [-0.1, -0.05) is 30.3 Å². The van der Waals surface area contributed by atoms with Crippen LogP contribution in [0.3, 0.4) is 0 Å². The number of phenolic OH excluding ortho intramolecular Hbond substituents is 1. The molecule has 0 amide bonds. The Labute approximate surface area is 138 Å². The van der Waals surface area contributed by atoms with Crippen LogP contribution in [0.1, 0.15) is 34.8 Å². The van der Waals surface area contributed by atoms with Crippen LogP contribution in [-0.4, -0.2) is 21.3 Å². The average molecular weight is 324 g/mol. The van der Waals surface area contributed by atoms with Gasteiger partial charge < -0.3 is 14.3 Å². The monoisotopic (exact) mass is 324 g/mol. The highest BCUT2D eigenvalue weighted by Gasteiger charge is 2.22. The number of hydrogen-bond donors (Lipinski definition) is 1. The van der Waals surface area contributed by atoms with Crippen LogP contribution < -0.4 is 0 Å². The Morgan fingerprint density at radius 3 is 2.62 bits per heavy atom. The number of ether oxygens (including phenoxy) is 1. The fourth-order valence-electron chi connectivity index (χ4n) is 2.19. The second-order valence-corrected chi connectivity index (χ2v) is 5.33. The maximum Gasteiger partial charge on any atom is 0.342 e. The van der Waals surface area contributed by atoms with E-state index in [1.807, 2.05) is 30.3 Å². The van der Waals surface area contributed by atoms with Crippen LogP contribution in [0.4, 0.5) is 0 Å². The fraction of sp³-hybridized carbons (Fsp3) is 0.167. The van der Waals surface area contributed by atoms with Crippen molar-refractivity contribution in [3.05, 3.63) is 65.5 Å². The molecule has 3 aromatic rings. The molecule has 6 heteroatoms. The summed E-state index contributed by atoms with van der Waals surface area (Å²) < 4.78 is 10.9. The van der Waals surface area contributed by atoms with Gasteiger partial charge in [-0.15, -0.1) is 10.2 Å². The Morgan fingerprint density at radius 1 is 1.12 bits per heavy atom. The zero-order chi connectivity index (χ0) is 17.1. The van der Waals surface area contributed by atoms with E-state index in [2.05, 4.69) is 10.2 Å². The number of aromatic hydroxyl groups is 1. The van der Waals surface area contributed by atoms with Gasteiger partial charge in [0.05, 0.1) is 0 Å². The first-order valence-corrected chi connectivity index (χ1v) is 7.44. The number of hydrogen-bond acceptors (Lipinski definition) is 6. The predicted octanol–water partition coefficient (Wildman–Crippen LogP) is 3.67. The third kappa shape index (κ3) is 3.12. The quantitative estimate of drug-likeness (QED) is 0.737. The Hall–Kier alpha value is -3.15. The van der Waals surface area contributed by atoms with E-state index in [0.717, 1.165) is 5.56 Å². The number of rotatable bonds is 4. The minimum absolute atomic E-state index is 0.0924. The molecule has 24 heavy (non-hydrogen) atoms. The van der Waals surface area contributed by atoms with E-state index in [4.69, 9.17) is 9.15 Å². The normalized spacial score (nSPS) is 11.9. The topological polar surface area (TPSA) is 85.5 Å². The van der Waals surface area contributed by atoms with Crippen LogP contribution in [0, 0.1) is 6.92 Å². The molecule has 0 bridgehead atoms. The van der Waals surface area contributed by atoms with Crippen LogP contribution in [-0.2, 0) is 4.74 Å². The molecule has 0 radical (unpaired) electrons. The van der Waals surface area contributed by atoms with Crippen LogP contribution in [0.25, 0.3) is 11.5 Å². The number of phenols is 1.